The predicted octanol–water partition coefficient (Wildman–Crippen LogP) is 8.66. The van der Waals surface area contributed by atoms with Crippen molar-refractivity contribution in [3.8, 4) is 11.1 Å². The highest BCUT2D eigenvalue weighted by Crippen LogP contribution is 2.45. The molecule has 0 amide bonds. The second-order valence-corrected chi connectivity index (χ2v) is 9.67. The number of hydrogen-bond donors (Lipinski definition) is 0. The van der Waals surface area contributed by atoms with Crippen LogP contribution in [0.3, 0.4) is 0 Å². The summed E-state index contributed by atoms with van der Waals surface area (Å²) in [4.78, 5) is 0. The van der Waals surface area contributed by atoms with Crippen molar-refractivity contribution < 1.29 is 22.3 Å². The van der Waals surface area contributed by atoms with E-state index in [4.69, 9.17) is 4.74 Å². The summed E-state index contributed by atoms with van der Waals surface area (Å²) in [5.41, 5.74) is 2.24. The standard InChI is InChI=1S/C28H28F4O/c29-25-12-22(13-26(30)24(25)16-33-23-14-27(31)28(32)15-23)21-10-8-20(9-11-21)19-6-4-18(5-7-19)17-2-1-3-17/h8-14,17-19H,1-7,15-16H2. The van der Waals surface area contributed by atoms with Gasteiger partial charge in [-0.05, 0) is 72.3 Å². The van der Waals surface area contributed by atoms with E-state index in [0.29, 0.717) is 11.5 Å². The topological polar surface area (TPSA) is 9.23 Å². The summed E-state index contributed by atoms with van der Waals surface area (Å²) in [5.74, 6) is -0.968. The lowest BCUT2D eigenvalue weighted by Crippen LogP contribution is -2.25. The van der Waals surface area contributed by atoms with Crippen molar-refractivity contribution in [3.63, 3.8) is 0 Å². The van der Waals surface area contributed by atoms with Gasteiger partial charge >= 0.3 is 0 Å². The zero-order chi connectivity index (χ0) is 22.9. The first-order valence-corrected chi connectivity index (χ1v) is 11.9. The van der Waals surface area contributed by atoms with E-state index < -0.39 is 29.9 Å². The molecule has 0 bridgehead atoms. The first-order chi connectivity index (χ1) is 16.0. The third kappa shape index (κ3) is 4.73. The van der Waals surface area contributed by atoms with Gasteiger partial charge in [0.15, 0.2) is 5.83 Å². The van der Waals surface area contributed by atoms with Gasteiger partial charge in [0.2, 0.25) is 0 Å². The second-order valence-electron chi connectivity index (χ2n) is 9.67. The third-order valence-corrected chi connectivity index (χ3v) is 7.72. The van der Waals surface area contributed by atoms with E-state index in [2.05, 4.69) is 12.1 Å². The van der Waals surface area contributed by atoms with E-state index in [-0.39, 0.29) is 17.7 Å². The molecule has 0 heterocycles. The maximum atomic E-state index is 14.6. The fourth-order valence-electron chi connectivity index (χ4n) is 5.46. The van der Waals surface area contributed by atoms with Gasteiger partial charge in [-0.1, -0.05) is 43.5 Å². The molecular formula is C28H28F4O. The predicted molar refractivity (Wildman–Crippen MR) is 121 cm³/mol. The molecule has 0 radical (unpaired) electrons. The van der Waals surface area contributed by atoms with Gasteiger partial charge in [-0.2, -0.15) is 0 Å². The maximum absolute atomic E-state index is 14.6. The lowest BCUT2D eigenvalue weighted by atomic mass is 9.67. The summed E-state index contributed by atoms with van der Waals surface area (Å²) in [6.45, 7) is -0.424. The summed E-state index contributed by atoms with van der Waals surface area (Å²) < 4.78 is 60.7. The highest BCUT2D eigenvalue weighted by molar-refractivity contribution is 5.64. The molecule has 0 spiro atoms. The number of allylic oxidation sites excluding steroid dienone is 3. The van der Waals surface area contributed by atoms with Gasteiger partial charge in [0.25, 0.3) is 0 Å². The Morgan fingerprint density at radius 2 is 1.39 bits per heavy atom. The van der Waals surface area contributed by atoms with E-state index in [9.17, 15) is 17.6 Å². The molecule has 1 nitrogen and oxygen atoms in total. The van der Waals surface area contributed by atoms with Crippen LogP contribution in [0.2, 0.25) is 0 Å². The van der Waals surface area contributed by atoms with Gasteiger partial charge in [0.05, 0.1) is 12.0 Å². The van der Waals surface area contributed by atoms with E-state index in [1.807, 2.05) is 12.1 Å². The van der Waals surface area contributed by atoms with Gasteiger partial charge in [-0.15, -0.1) is 0 Å². The molecule has 0 N–H and O–H groups in total. The Morgan fingerprint density at radius 1 is 0.758 bits per heavy atom. The molecule has 2 saturated carbocycles. The average molecular weight is 457 g/mol. The quantitative estimate of drug-likeness (QED) is 0.395. The van der Waals surface area contributed by atoms with E-state index in [1.54, 1.807) is 0 Å². The first kappa shape index (κ1) is 22.2. The molecule has 0 unspecified atom stereocenters. The van der Waals surface area contributed by atoms with Crippen molar-refractivity contribution in [2.45, 2.75) is 63.9 Å². The molecule has 0 atom stereocenters. The van der Waals surface area contributed by atoms with Crippen molar-refractivity contribution in [2.75, 3.05) is 0 Å². The van der Waals surface area contributed by atoms with E-state index >= 15 is 0 Å². The summed E-state index contributed by atoms with van der Waals surface area (Å²) in [6, 6.07) is 10.6. The largest absolute Gasteiger partial charge is 0.492 e. The van der Waals surface area contributed by atoms with Crippen LogP contribution in [-0.4, -0.2) is 0 Å². The normalized spacial score (nSPS) is 23.5. The molecule has 5 rings (SSSR count). The fourth-order valence-corrected chi connectivity index (χ4v) is 5.46. The average Bonchev–Trinajstić information content (AvgIpc) is 3.10. The monoisotopic (exact) mass is 456 g/mol. The van der Waals surface area contributed by atoms with Crippen LogP contribution in [0, 0.1) is 23.5 Å². The minimum atomic E-state index is -1.00. The Kier molecular flexibility index (Phi) is 6.31. The minimum Gasteiger partial charge on any atom is -0.492 e. The van der Waals surface area contributed by atoms with Gasteiger partial charge in [-0.25, -0.2) is 17.6 Å². The Bertz CT molecular complexity index is 1050. The van der Waals surface area contributed by atoms with Gasteiger partial charge in [-0.3, -0.25) is 0 Å². The van der Waals surface area contributed by atoms with E-state index in [0.717, 1.165) is 23.5 Å². The van der Waals surface area contributed by atoms with Crippen LogP contribution < -0.4 is 0 Å². The summed E-state index contributed by atoms with van der Waals surface area (Å²) in [6.07, 6.45) is 9.85. The van der Waals surface area contributed by atoms with Crippen LogP contribution in [0.15, 0.2) is 59.9 Å². The number of hydrogen-bond acceptors (Lipinski definition) is 1. The minimum absolute atomic E-state index is 0.0187. The number of benzene rings is 2. The maximum Gasteiger partial charge on any atom is 0.158 e. The smallest absolute Gasteiger partial charge is 0.158 e. The molecule has 2 fully saturated rings. The fraction of sp³-hybridized carbons (Fsp3) is 0.429. The van der Waals surface area contributed by atoms with Crippen molar-refractivity contribution in [1.29, 1.82) is 0 Å². The Morgan fingerprint density at radius 3 is 1.94 bits per heavy atom. The summed E-state index contributed by atoms with van der Waals surface area (Å²) >= 11 is 0. The highest BCUT2D eigenvalue weighted by Gasteiger charge is 2.31. The number of halogens is 4. The SMILES string of the molecule is FC1=C(F)CC(OCc2c(F)cc(-c3ccc(C4CCC(C5CCC5)CC4)cc3)cc2F)=C1. The van der Waals surface area contributed by atoms with Crippen LogP contribution in [0.5, 0.6) is 0 Å². The Labute approximate surface area is 192 Å². The van der Waals surface area contributed by atoms with Gasteiger partial charge in [0, 0.05) is 6.08 Å². The number of ether oxygens (including phenoxy) is 1. The molecular weight excluding hydrogens is 428 g/mol. The van der Waals surface area contributed by atoms with Gasteiger partial charge in [0.1, 0.15) is 29.8 Å². The molecule has 0 saturated heterocycles. The summed E-state index contributed by atoms with van der Waals surface area (Å²) in [5, 5.41) is 0. The molecule has 2 aromatic carbocycles. The van der Waals surface area contributed by atoms with Crippen LogP contribution in [-0.2, 0) is 11.3 Å². The molecule has 3 aliphatic carbocycles. The first-order valence-electron chi connectivity index (χ1n) is 11.9. The Balaban J connectivity index is 1.22. The van der Waals surface area contributed by atoms with E-state index in [1.165, 1.54) is 62.6 Å². The zero-order valence-electron chi connectivity index (χ0n) is 18.6. The number of rotatable bonds is 6. The van der Waals surface area contributed by atoms with Gasteiger partial charge < -0.3 is 4.74 Å². The molecule has 5 heteroatoms. The zero-order valence-corrected chi connectivity index (χ0v) is 18.6. The lowest BCUT2D eigenvalue weighted by molar-refractivity contribution is 0.154. The van der Waals surface area contributed by atoms with Crippen molar-refractivity contribution in [1.82, 2.24) is 0 Å². The van der Waals surface area contributed by atoms with Crippen LogP contribution >= 0.6 is 0 Å². The van der Waals surface area contributed by atoms with Crippen LogP contribution in [0.4, 0.5) is 17.6 Å². The molecule has 0 aliphatic heterocycles. The lowest BCUT2D eigenvalue weighted by Gasteiger charge is -2.38. The van der Waals surface area contributed by atoms with Crippen molar-refractivity contribution >= 4 is 0 Å². The van der Waals surface area contributed by atoms with Crippen molar-refractivity contribution in [2.24, 2.45) is 11.8 Å². The van der Waals surface area contributed by atoms with Crippen LogP contribution in [0.1, 0.15) is 68.4 Å². The highest BCUT2D eigenvalue weighted by atomic mass is 19.2. The Hall–Kier alpha value is -2.56. The molecule has 2 aromatic rings. The molecule has 0 aromatic heterocycles. The molecule has 33 heavy (non-hydrogen) atoms. The van der Waals surface area contributed by atoms with Crippen LogP contribution in [0.25, 0.3) is 11.1 Å². The van der Waals surface area contributed by atoms with Crippen molar-refractivity contribution in [3.05, 3.63) is 82.6 Å². The molecule has 3 aliphatic rings. The summed E-state index contributed by atoms with van der Waals surface area (Å²) in [7, 11) is 0. The third-order valence-electron chi connectivity index (χ3n) is 7.72. The molecule has 174 valence electrons. The second kappa shape index (κ2) is 9.36.